The first-order chi connectivity index (χ1) is 9.66. The summed E-state index contributed by atoms with van der Waals surface area (Å²) in [6.07, 6.45) is 11.8. The van der Waals surface area contributed by atoms with Crippen LogP contribution in [-0.2, 0) is 6.54 Å². The fourth-order valence-corrected chi connectivity index (χ4v) is 5.67. The van der Waals surface area contributed by atoms with Crippen molar-refractivity contribution < 1.29 is 0 Å². The van der Waals surface area contributed by atoms with Gasteiger partial charge >= 0.3 is 0 Å². The molecule has 1 aromatic rings. The van der Waals surface area contributed by atoms with Crippen LogP contribution in [0, 0.1) is 23.2 Å². The number of hydrogen-bond donors (Lipinski definition) is 0. The van der Waals surface area contributed by atoms with Gasteiger partial charge in [-0.1, -0.05) is 12.1 Å². The Bertz CT molecular complexity index is 460. The van der Waals surface area contributed by atoms with Crippen LogP contribution in [0.5, 0.6) is 0 Å². The standard InChI is InChI=1S/C16H24ClN3/c1-2-14(17)15-9-20(19-18-15)10-16-6-11-3-12(7-16)5-13(4-11)8-16/h9,11-14H,2-8,10H2,1H3. The van der Waals surface area contributed by atoms with Crippen LogP contribution < -0.4 is 0 Å². The minimum absolute atomic E-state index is 0.0140. The van der Waals surface area contributed by atoms with Gasteiger partial charge in [-0.2, -0.15) is 0 Å². The predicted molar refractivity (Wildman–Crippen MR) is 79.5 cm³/mol. The highest BCUT2D eigenvalue weighted by Gasteiger charge is 2.51. The first-order valence-corrected chi connectivity index (χ1v) is 8.63. The molecule has 0 amide bonds. The first kappa shape index (κ1) is 13.1. The summed E-state index contributed by atoms with van der Waals surface area (Å²) >= 11 is 6.26. The van der Waals surface area contributed by atoms with Crippen molar-refractivity contribution in [3.63, 3.8) is 0 Å². The van der Waals surface area contributed by atoms with Crippen molar-refractivity contribution in [1.29, 1.82) is 0 Å². The Morgan fingerprint density at radius 1 is 1.25 bits per heavy atom. The maximum absolute atomic E-state index is 6.26. The van der Waals surface area contributed by atoms with Gasteiger partial charge in [-0.25, -0.2) is 0 Å². The van der Waals surface area contributed by atoms with E-state index in [1.165, 1.54) is 38.5 Å². The molecule has 110 valence electrons. The molecule has 4 aliphatic carbocycles. The lowest BCUT2D eigenvalue weighted by Crippen LogP contribution is -2.48. The minimum Gasteiger partial charge on any atom is -0.252 e. The van der Waals surface area contributed by atoms with Gasteiger partial charge in [-0.15, -0.1) is 16.7 Å². The zero-order valence-electron chi connectivity index (χ0n) is 12.3. The van der Waals surface area contributed by atoms with E-state index in [1.807, 2.05) is 0 Å². The molecule has 20 heavy (non-hydrogen) atoms. The molecule has 4 fully saturated rings. The van der Waals surface area contributed by atoms with Crippen molar-refractivity contribution in [2.24, 2.45) is 23.2 Å². The number of nitrogens with zero attached hydrogens (tertiary/aromatic N) is 3. The summed E-state index contributed by atoms with van der Waals surface area (Å²) in [5.41, 5.74) is 1.46. The lowest BCUT2D eigenvalue weighted by Gasteiger charge is -2.56. The Kier molecular flexibility index (Phi) is 3.10. The van der Waals surface area contributed by atoms with E-state index in [0.29, 0.717) is 5.41 Å². The van der Waals surface area contributed by atoms with E-state index >= 15 is 0 Å². The Morgan fingerprint density at radius 2 is 1.85 bits per heavy atom. The van der Waals surface area contributed by atoms with Crippen LogP contribution in [-0.4, -0.2) is 15.0 Å². The van der Waals surface area contributed by atoms with E-state index in [9.17, 15) is 0 Å². The van der Waals surface area contributed by atoms with Crippen LogP contribution in [0.3, 0.4) is 0 Å². The van der Waals surface area contributed by atoms with Crippen molar-refractivity contribution in [1.82, 2.24) is 15.0 Å². The molecule has 1 unspecified atom stereocenters. The van der Waals surface area contributed by atoms with E-state index in [4.69, 9.17) is 11.6 Å². The Labute approximate surface area is 126 Å². The average molecular weight is 294 g/mol. The monoisotopic (exact) mass is 293 g/mol. The molecule has 0 spiro atoms. The number of alkyl halides is 1. The zero-order valence-corrected chi connectivity index (χ0v) is 13.0. The summed E-state index contributed by atoms with van der Waals surface area (Å²) < 4.78 is 2.08. The van der Waals surface area contributed by atoms with Crippen LogP contribution in [0.4, 0.5) is 0 Å². The molecule has 3 nitrogen and oxygen atoms in total. The number of rotatable bonds is 4. The van der Waals surface area contributed by atoms with Crippen LogP contribution in [0.1, 0.15) is 62.9 Å². The van der Waals surface area contributed by atoms with Gasteiger partial charge < -0.3 is 0 Å². The summed E-state index contributed by atoms with van der Waals surface area (Å²) in [6, 6.07) is 0. The summed E-state index contributed by atoms with van der Waals surface area (Å²) in [5, 5.41) is 8.62. The maximum atomic E-state index is 6.26. The molecule has 5 rings (SSSR count). The van der Waals surface area contributed by atoms with Crippen LogP contribution in [0.25, 0.3) is 0 Å². The van der Waals surface area contributed by atoms with Gasteiger partial charge in [0.1, 0.15) is 5.69 Å². The summed E-state index contributed by atoms with van der Waals surface area (Å²) in [7, 11) is 0. The van der Waals surface area contributed by atoms with Gasteiger partial charge in [0.05, 0.1) is 5.38 Å². The molecule has 1 aromatic heterocycles. The van der Waals surface area contributed by atoms with E-state index < -0.39 is 0 Å². The average Bonchev–Trinajstić information content (AvgIpc) is 2.83. The van der Waals surface area contributed by atoms with Gasteiger partial charge in [0.2, 0.25) is 0 Å². The van der Waals surface area contributed by atoms with Crippen LogP contribution >= 0.6 is 11.6 Å². The van der Waals surface area contributed by atoms with Crippen LogP contribution in [0.2, 0.25) is 0 Å². The molecule has 4 aliphatic rings. The molecular weight excluding hydrogens is 270 g/mol. The Balaban J connectivity index is 1.52. The lowest BCUT2D eigenvalue weighted by atomic mass is 9.49. The lowest BCUT2D eigenvalue weighted by molar-refractivity contribution is -0.0637. The third-order valence-corrected chi connectivity index (χ3v) is 6.43. The van der Waals surface area contributed by atoms with Gasteiger partial charge in [0, 0.05) is 12.7 Å². The van der Waals surface area contributed by atoms with Gasteiger partial charge in [0.15, 0.2) is 0 Å². The highest BCUT2D eigenvalue weighted by Crippen LogP contribution is 2.60. The molecular formula is C16H24ClN3. The molecule has 1 heterocycles. The van der Waals surface area contributed by atoms with Gasteiger partial charge in [0.25, 0.3) is 0 Å². The molecule has 0 saturated heterocycles. The Morgan fingerprint density at radius 3 is 2.40 bits per heavy atom. The van der Waals surface area contributed by atoms with Gasteiger partial charge in [-0.05, 0) is 68.1 Å². The molecule has 0 N–H and O–H groups in total. The molecule has 0 aromatic carbocycles. The highest BCUT2D eigenvalue weighted by atomic mass is 35.5. The van der Waals surface area contributed by atoms with Crippen molar-refractivity contribution >= 4 is 11.6 Å². The zero-order chi connectivity index (χ0) is 13.7. The maximum Gasteiger partial charge on any atom is 0.100 e. The summed E-state index contributed by atoms with van der Waals surface area (Å²) in [4.78, 5) is 0. The molecule has 0 aliphatic heterocycles. The molecule has 4 heteroatoms. The van der Waals surface area contributed by atoms with E-state index in [0.717, 1.165) is 36.4 Å². The summed E-state index contributed by atoms with van der Waals surface area (Å²) in [6.45, 7) is 3.16. The van der Waals surface area contributed by atoms with Crippen molar-refractivity contribution in [2.45, 2.75) is 63.8 Å². The van der Waals surface area contributed by atoms with Crippen LogP contribution in [0.15, 0.2) is 6.20 Å². The minimum atomic E-state index is 0.0140. The fourth-order valence-electron chi connectivity index (χ4n) is 5.57. The fraction of sp³-hybridized carbons (Fsp3) is 0.875. The highest BCUT2D eigenvalue weighted by molar-refractivity contribution is 6.20. The van der Waals surface area contributed by atoms with E-state index in [2.05, 4.69) is 28.1 Å². The molecule has 4 saturated carbocycles. The normalized spacial score (nSPS) is 40.2. The third kappa shape index (κ3) is 2.18. The third-order valence-electron chi connectivity index (χ3n) is 5.90. The number of aromatic nitrogens is 3. The second-order valence-electron chi connectivity index (χ2n) is 7.63. The van der Waals surface area contributed by atoms with Crippen molar-refractivity contribution in [3.05, 3.63) is 11.9 Å². The van der Waals surface area contributed by atoms with Crippen molar-refractivity contribution in [2.75, 3.05) is 0 Å². The summed E-state index contributed by atoms with van der Waals surface area (Å²) in [5.74, 6) is 3.00. The second-order valence-corrected chi connectivity index (χ2v) is 8.16. The smallest absolute Gasteiger partial charge is 0.100 e. The quantitative estimate of drug-likeness (QED) is 0.780. The molecule has 0 radical (unpaired) electrons. The molecule has 4 bridgehead atoms. The SMILES string of the molecule is CCC(Cl)c1cn(CC23CC4CC(CC(C4)C2)C3)nn1. The van der Waals surface area contributed by atoms with E-state index in [-0.39, 0.29) is 5.38 Å². The number of hydrogen-bond acceptors (Lipinski definition) is 2. The second kappa shape index (κ2) is 4.72. The Hall–Kier alpha value is -0.570. The van der Waals surface area contributed by atoms with E-state index in [1.54, 1.807) is 0 Å². The largest absolute Gasteiger partial charge is 0.252 e. The number of halogens is 1. The predicted octanol–water partition coefficient (Wildman–Crippen LogP) is 4.18. The topological polar surface area (TPSA) is 30.7 Å². The van der Waals surface area contributed by atoms with Crippen molar-refractivity contribution in [3.8, 4) is 0 Å². The first-order valence-electron chi connectivity index (χ1n) is 8.20. The van der Waals surface area contributed by atoms with Gasteiger partial charge in [-0.3, -0.25) is 4.68 Å². The molecule has 1 atom stereocenters.